The van der Waals surface area contributed by atoms with Crippen molar-refractivity contribution < 1.29 is 27.0 Å². The predicted octanol–water partition coefficient (Wildman–Crippen LogP) is 20.5. The Labute approximate surface area is 509 Å². The van der Waals surface area contributed by atoms with Gasteiger partial charge in [-0.3, -0.25) is 0 Å². The molecule has 0 radical (unpaired) electrons. The molecule has 0 bridgehead atoms. The van der Waals surface area contributed by atoms with Crippen molar-refractivity contribution in [3.8, 4) is 78.3 Å². The molecule has 0 N–H and O–H groups in total. The molecule has 410 valence electrons. The van der Waals surface area contributed by atoms with Crippen molar-refractivity contribution in [2.75, 3.05) is 0 Å². The number of nitrogens with zero attached hydrogens (tertiary/aromatic N) is 3. The summed E-state index contributed by atoms with van der Waals surface area (Å²) in [6.07, 6.45) is 15.0. The number of aromatic nitrogens is 3. The average molecular weight is 1250 g/mol. The molecule has 2 fully saturated rings. The van der Waals surface area contributed by atoms with Gasteiger partial charge < -0.3 is 15.0 Å². The van der Waals surface area contributed by atoms with Crippen molar-refractivity contribution in [3.63, 3.8) is 0 Å². The van der Waals surface area contributed by atoms with Gasteiger partial charge in [-0.15, -0.1) is 89.5 Å². The van der Waals surface area contributed by atoms with Gasteiger partial charge in [0, 0.05) is 24.2 Å². The summed E-state index contributed by atoms with van der Waals surface area (Å²) in [6.45, 7) is 13.4. The molecule has 0 aliphatic heterocycles. The van der Waals surface area contributed by atoms with E-state index in [9.17, 15) is 0 Å². The molecule has 2 atom stereocenters. The Morgan fingerprint density at radius 2 is 0.866 bits per heavy atom. The molecule has 3 heterocycles. The number of benzene rings is 7. The first-order valence-electron chi connectivity index (χ1n) is 31.8. The van der Waals surface area contributed by atoms with E-state index in [2.05, 4.69) is 217 Å². The minimum Gasteiger partial charge on any atom is -0.305 e. The van der Waals surface area contributed by atoms with Crippen LogP contribution in [0.15, 0.2) is 207 Å². The van der Waals surface area contributed by atoms with Crippen molar-refractivity contribution in [1.82, 2.24) is 15.0 Å². The van der Waals surface area contributed by atoms with E-state index in [1.54, 1.807) is 6.20 Å². The summed E-state index contributed by atoms with van der Waals surface area (Å²) in [5, 5.41) is 0. The van der Waals surface area contributed by atoms with E-state index < -0.39 is 6.04 Å². The molecule has 12 rings (SSSR count). The van der Waals surface area contributed by atoms with E-state index in [0.29, 0.717) is 11.5 Å². The molecule has 2 aliphatic rings. The summed E-state index contributed by atoms with van der Waals surface area (Å²) in [5.74, 6) is 1.11. The minimum atomic E-state index is -0.391. The Kier molecular flexibility index (Phi) is 15.1. The zero-order valence-corrected chi connectivity index (χ0v) is 50.5. The standard InChI is InChI=1S/C78H74N3.Ir/c1-77(2,3)65-41-43-79-75(50-65)59-37-31-56(32-38-59)68-24-14-17-27-71(68)63-46-62(47-64(48-63)72-28-18-15-25-69(72)57-33-39-60(40-34-57)76-51-66(42-44-80-76)78(4,5)6)70-26-16-13-23-67(70)55-29-35-58(36-30-55)74-49-61(45-53-19-9-7-10-20-53)73(52-81-74)54-21-11-8-12-22-54;/h8,11-18,21-35,37,39,41-44,49-53,62-64H,7,9-10,19-20,45-48H2,1-6H3;/q-3;+3/i8D,11D,12D,21D,22D;. The predicted molar refractivity (Wildman–Crippen MR) is 337 cm³/mol. The minimum absolute atomic E-state index is 0. The molecule has 10 aromatic rings. The first kappa shape index (κ1) is 50.4. The van der Waals surface area contributed by atoms with E-state index in [4.69, 9.17) is 21.8 Å². The molecule has 2 unspecified atom stereocenters. The van der Waals surface area contributed by atoms with Crippen LogP contribution < -0.4 is 0 Å². The molecular weight excluding hydrogens is 1170 g/mol. The molecule has 7 aromatic carbocycles. The van der Waals surface area contributed by atoms with E-state index >= 15 is 0 Å². The van der Waals surface area contributed by atoms with Crippen molar-refractivity contribution >= 4 is 0 Å². The summed E-state index contributed by atoms with van der Waals surface area (Å²) in [5.41, 5.74) is 20.7. The molecule has 3 nitrogen and oxygen atoms in total. The number of rotatable bonds is 12. The molecule has 2 saturated carbocycles. The molecule has 0 spiro atoms. The van der Waals surface area contributed by atoms with Crippen LogP contribution >= 0.6 is 0 Å². The third kappa shape index (κ3) is 12.5. The summed E-state index contributed by atoms with van der Waals surface area (Å²) in [4.78, 5) is 14.5. The van der Waals surface area contributed by atoms with Crippen LogP contribution in [-0.4, -0.2) is 15.0 Å². The Morgan fingerprint density at radius 3 is 1.27 bits per heavy atom. The summed E-state index contributed by atoms with van der Waals surface area (Å²) < 4.78 is 43.0. The van der Waals surface area contributed by atoms with E-state index in [-0.39, 0.29) is 78.4 Å². The quantitative estimate of drug-likeness (QED) is 0.114. The summed E-state index contributed by atoms with van der Waals surface area (Å²) >= 11 is 0. The second kappa shape index (κ2) is 24.6. The van der Waals surface area contributed by atoms with Crippen LogP contribution in [-0.2, 0) is 37.4 Å². The van der Waals surface area contributed by atoms with Gasteiger partial charge in [-0.05, 0) is 128 Å². The maximum Gasteiger partial charge on any atom is 3.00 e. The molecule has 82 heavy (non-hydrogen) atoms. The molecule has 0 saturated heterocycles. The van der Waals surface area contributed by atoms with Crippen LogP contribution in [0, 0.1) is 24.1 Å². The van der Waals surface area contributed by atoms with E-state index in [0.717, 1.165) is 94.6 Å². The van der Waals surface area contributed by atoms with Crippen LogP contribution in [0.3, 0.4) is 0 Å². The molecular formula is C78H74IrN3. The van der Waals surface area contributed by atoms with E-state index in [1.807, 2.05) is 12.4 Å². The fourth-order valence-corrected chi connectivity index (χ4v) is 12.9. The van der Waals surface area contributed by atoms with Gasteiger partial charge in [0.05, 0.1) is 6.85 Å². The normalized spacial score (nSPS) is 17.6. The van der Waals surface area contributed by atoms with Gasteiger partial charge in [-0.1, -0.05) is 228 Å². The van der Waals surface area contributed by atoms with Gasteiger partial charge >= 0.3 is 20.1 Å². The third-order valence-corrected chi connectivity index (χ3v) is 17.4. The maximum absolute atomic E-state index is 8.89. The Morgan fingerprint density at radius 1 is 0.451 bits per heavy atom. The molecule has 0 amide bonds. The Bertz CT molecular complexity index is 3900. The zero-order valence-electron chi connectivity index (χ0n) is 53.1. The van der Waals surface area contributed by atoms with Crippen LogP contribution in [0.5, 0.6) is 0 Å². The Balaban J connectivity index is 0.00000784. The fraction of sp³-hybridized carbons (Fsp3) is 0.269. The van der Waals surface area contributed by atoms with Crippen molar-refractivity contribution in [3.05, 3.63) is 258 Å². The van der Waals surface area contributed by atoms with Crippen molar-refractivity contribution in [2.45, 2.75) is 128 Å². The van der Waals surface area contributed by atoms with E-state index in [1.165, 1.54) is 63.8 Å². The smallest absolute Gasteiger partial charge is 0.305 e. The van der Waals surface area contributed by atoms with Crippen LogP contribution in [0.25, 0.3) is 78.3 Å². The van der Waals surface area contributed by atoms with Gasteiger partial charge in [0.15, 0.2) is 0 Å². The van der Waals surface area contributed by atoms with Crippen molar-refractivity contribution in [2.24, 2.45) is 5.92 Å². The average Bonchev–Trinajstić information content (AvgIpc) is 1.67. The number of hydrogen-bond acceptors (Lipinski definition) is 3. The second-order valence-corrected chi connectivity index (χ2v) is 24.8. The van der Waals surface area contributed by atoms with Crippen LogP contribution in [0.1, 0.15) is 151 Å². The summed E-state index contributed by atoms with van der Waals surface area (Å²) in [7, 11) is 0. The fourth-order valence-electron chi connectivity index (χ4n) is 12.9. The second-order valence-electron chi connectivity index (χ2n) is 24.8. The first-order chi connectivity index (χ1) is 41.5. The monoisotopic (exact) mass is 1250 g/mol. The number of pyridine rings is 3. The van der Waals surface area contributed by atoms with Crippen LogP contribution in [0.4, 0.5) is 0 Å². The Hall–Kier alpha value is -7.36. The molecule has 2 aliphatic carbocycles. The topological polar surface area (TPSA) is 38.7 Å². The molecule has 4 heteroatoms. The van der Waals surface area contributed by atoms with Gasteiger partial charge in [0.1, 0.15) is 0 Å². The van der Waals surface area contributed by atoms with Gasteiger partial charge in [0.2, 0.25) is 0 Å². The van der Waals surface area contributed by atoms with Gasteiger partial charge in [-0.25, -0.2) is 0 Å². The van der Waals surface area contributed by atoms with Gasteiger partial charge in [0.25, 0.3) is 0 Å². The third-order valence-electron chi connectivity index (χ3n) is 17.4. The van der Waals surface area contributed by atoms with Crippen LogP contribution in [0.2, 0.25) is 0 Å². The largest absolute Gasteiger partial charge is 3.00 e. The van der Waals surface area contributed by atoms with Crippen molar-refractivity contribution in [1.29, 1.82) is 0 Å². The number of hydrogen-bond donors (Lipinski definition) is 0. The maximum atomic E-state index is 8.89. The molecule has 3 aromatic heterocycles. The summed E-state index contributed by atoms with van der Waals surface area (Å²) in [6, 6.07) is 66.7. The zero-order chi connectivity index (χ0) is 59.9. The van der Waals surface area contributed by atoms with Gasteiger partial charge in [-0.2, -0.15) is 0 Å². The SMILES string of the molecule is [2H]c1c([2H])c([2H])c(-c2cnc(-c3[c-]cc(-c4ccccc4C4CC(c5ccccc5-c5c[c-]c(-c6cc(C(C)(C)C)ccn6)cc5)CC(c5ccccc5-c5c[c-]c(-c6cc(C(C)(C)C)ccn6)cc5)C4)cc3)cc2CC2CCCCC2)c([2H])c1[2H].[Ir+3]. The first-order valence-corrected chi connectivity index (χ1v) is 29.3.